The molecular weight excluding hydrogens is 190 g/mol. The molecule has 0 bridgehead atoms. The van der Waals surface area contributed by atoms with Crippen LogP contribution in [0.1, 0.15) is 26.7 Å². The molecule has 15 heavy (non-hydrogen) atoms. The van der Waals surface area contributed by atoms with Crippen molar-refractivity contribution < 1.29 is 9.47 Å². The number of ether oxygens (including phenoxy) is 2. The summed E-state index contributed by atoms with van der Waals surface area (Å²) in [5, 5.41) is 8.23. The SMILES string of the molecule is CCCCOCC(C)COC/C=C/C#N. The minimum absolute atomic E-state index is 0.414. The zero-order valence-electron chi connectivity index (χ0n) is 9.74. The van der Waals surface area contributed by atoms with Crippen molar-refractivity contribution in [2.24, 2.45) is 5.92 Å². The van der Waals surface area contributed by atoms with Gasteiger partial charge in [-0.1, -0.05) is 20.3 Å². The van der Waals surface area contributed by atoms with Crippen molar-refractivity contribution in [3.8, 4) is 6.07 Å². The Bertz CT molecular complexity index is 196. The van der Waals surface area contributed by atoms with E-state index >= 15 is 0 Å². The molecule has 0 aromatic heterocycles. The normalized spacial score (nSPS) is 12.9. The summed E-state index contributed by atoms with van der Waals surface area (Å²) in [6, 6.07) is 1.92. The lowest BCUT2D eigenvalue weighted by atomic mass is 10.2. The van der Waals surface area contributed by atoms with Crippen molar-refractivity contribution in [1.82, 2.24) is 0 Å². The van der Waals surface area contributed by atoms with Gasteiger partial charge in [-0.25, -0.2) is 0 Å². The van der Waals surface area contributed by atoms with Crippen LogP contribution in [0.4, 0.5) is 0 Å². The lowest BCUT2D eigenvalue weighted by molar-refractivity contribution is 0.0539. The molecule has 0 aliphatic heterocycles. The van der Waals surface area contributed by atoms with E-state index < -0.39 is 0 Å². The van der Waals surface area contributed by atoms with Crippen molar-refractivity contribution in [1.29, 1.82) is 5.26 Å². The van der Waals surface area contributed by atoms with Gasteiger partial charge in [0.15, 0.2) is 0 Å². The number of hydrogen-bond acceptors (Lipinski definition) is 3. The summed E-state index contributed by atoms with van der Waals surface area (Å²) in [5.41, 5.74) is 0. The van der Waals surface area contributed by atoms with Gasteiger partial charge in [-0.2, -0.15) is 5.26 Å². The molecule has 3 heteroatoms. The summed E-state index contributed by atoms with van der Waals surface area (Å²) in [6.45, 7) is 7.03. The van der Waals surface area contributed by atoms with Crippen molar-refractivity contribution >= 4 is 0 Å². The first-order valence-electron chi connectivity index (χ1n) is 5.51. The van der Waals surface area contributed by atoms with Gasteiger partial charge in [-0.05, 0) is 12.5 Å². The average molecular weight is 211 g/mol. The third-order valence-corrected chi connectivity index (χ3v) is 1.85. The third kappa shape index (κ3) is 11.1. The van der Waals surface area contributed by atoms with Crippen LogP contribution in [0.5, 0.6) is 0 Å². The summed E-state index contributed by atoms with van der Waals surface area (Å²) >= 11 is 0. The molecule has 0 rings (SSSR count). The van der Waals surface area contributed by atoms with Gasteiger partial charge in [-0.15, -0.1) is 0 Å². The molecule has 1 unspecified atom stereocenters. The maximum Gasteiger partial charge on any atom is 0.0909 e. The van der Waals surface area contributed by atoms with Crippen LogP contribution in [0, 0.1) is 17.2 Å². The fourth-order valence-electron chi connectivity index (χ4n) is 1.02. The second-order valence-electron chi connectivity index (χ2n) is 3.60. The van der Waals surface area contributed by atoms with Gasteiger partial charge in [0.25, 0.3) is 0 Å². The molecule has 86 valence electrons. The van der Waals surface area contributed by atoms with E-state index in [0.717, 1.165) is 19.6 Å². The molecule has 0 N–H and O–H groups in total. The standard InChI is InChI=1S/C12H21NO2/c1-3-4-8-14-10-12(2)11-15-9-6-5-7-13/h5-6,12H,3-4,8-11H2,1-2H3/b6-5+. The van der Waals surface area contributed by atoms with Crippen molar-refractivity contribution in [2.45, 2.75) is 26.7 Å². The molecule has 0 fully saturated rings. The van der Waals surface area contributed by atoms with Gasteiger partial charge in [0.2, 0.25) is 0 Å². The molecule has 0 saturated heterocycles. The highest BCUT2D eigenvalue weighted by Gasteiger charge is 2.01. The highest BCUT2D eigenvalue weighted by molar-refractivity contribution is 5.01. The molecule has 3 nitrogen and oxygen atoms in total. The monoisotopic (exact) mass is 211 g/mol. The van der Waals surface area contributed by atoms with Gasteiger partial charge >= 0.3 is 0 Å². The molecule has 0 spiro atoms. The summed E-state index contributed by atoms with van der Waals surface area (Å²) < 4.78 is 10.8. The van der Waals surface area contributed by atoms with Crippen molar-refractivity contribution in [2.75, 3.05) is 26.4 Å². The quantitative estimate of drug-likeness (QED) is 0.435. The van der Waals surface area contributed by atoms with Crippen molar-refractivity contribution in [3.05, 3.63) is 12.2 Å². The van der Waals surface area contributed by atoms with E-state index in [4.69, 9.17) is 14.7 Å². The number of allylic oxidation sites excluding steroid dienone is 1. The van der Waals surface area contributed by atoms with Crippen LogP contribution >= 0.6 is 0 Å². The Balaban J connectivity index is 3.22. The van der Waals surface area contributed by atoms with Crippen LogP contribution in [-0.2, 0) is 9.47 Å². The molecular formula is C12H21NO2. The molecule has 0 radical (unpaired) electrons. The van der Waals surface area contributed by atoms with Gasteiger partial charge in [-0.3, -0.25) is 0 Å². The van der Waals surface area contributed by atoms with E-state index in [1.807, 2.05) is 6.07 Å². The molecule has 0 aromatic rings. The van der Waals surface area contributed by atoms with E-state index in [1.165, 1.54) is 12.5 Å². The minimum atomic E-state index is 0.414. The first-order chi connectivity index (χ1) is 7.31. The fraction of sp³-hybridized carbons (Fsp3) is 0.750. The number of hydrogen-bond donors (Lipinski definition) is 0. The van der Waals surface area contributed by atoms with Crippen LogP contribution < -0.4 is 0 Å². The first kappa shape index (κ1) is 14.2. The highest BCUT2D eigenvalue weighted by atomic mass is 16.5. The zero-order chi connectivity index (χ0) is 11.4. The smallest absolute Gasteiger partial charge is 0.0909 e. The Morgan fingerprint density at radius 2 is 2.07 bits per heavy atom. The third-order valence-electron chi connectivity index (χ3n) is 1.85. The van der Waals surface area contributed by atoms with E-state index in [9.17, 15) is 0 Å². The van der Waals surface area contributed by atoms with Gasteiger partial charge in [0, 0.05) is 18.6 Å². The molecule has 0 aliphatic rings. The lowest BCUT2D eigenvalue weighted by Gasteiger charge is -2.11. The number of nitrogens with zero attached hydrogens (tertiary/aromatic N) is 1. The number of rotatable bonds is 9. The topological polar surface area (TPSA) is 42.2 Å². The largest absolute Gasteiger partial charge is 0.381 e. The molecule has 0 heterocycles. The van der Waals surface area contributed by atoms with Crippen LogP contribution in [0.2, 0.25) is 0 Å². The average Bonchev–Trinajstić information content (AvgIpc) is 2.24. The maximum absolute atomic E-state index is 8.23. The van der Waals surface area contributed by atoms with Gasteiger partial charge < -0.3 is 9.47 Å². The second-order valence-corrected chi connectivity index (χ2v) is 3.60. The van der Waals surface area contributed by atoms with E-state index in [-0.39, 0.29) is 0 Å². The van der Waals surface area contributed by atoms with Crippen LogP contribution in [-0.4, -0.2) is 26.4 Å². The molecule has 0 amide bonds. The summed E-state index contributed by atoms with van der Waals surface area (Å²) in [7, 11) is 0. The number of nitriles is 1. The summed E-state index contributed by atoms with van der Waals surface area (Å²) in [6.07, 6.45) is 5.44. The number of unbranched alkanes of at least 4 members (excludes halogenated alkanes) is 1. The zero-order valence-corrected chi connectivity index (χ0v) is 9.74. The Kier molecular flexibility index (Phi) is 10.6. The lowest BCUT2D eigenvalue weighted by Crippen LogP contribution is -2.13. The second kappa shape index (κ2) is 11.2. The van der Waals surface area contributed by atoms with E-state index in [2.05, 4.69) is 13.8 Å². The Hall–Kier alpha value is -0.850. The van der Waals surface area contributed by atoms with E-state index in [0.29, 0.717) is 19.1 Å². The maximum atomic E-state index is 8.23. The summed E-state index contributed by atoms with van der Waals surface area (Å²) in [4.78, 5) is 0. The van der Waals surface area contributed by atoms with Crippen molar-refractivity contribution in [3.63, 3.8) is 0 Å². The van der Waals surface area contributed by atoms with Crippen LogP contribution in [0.15, 0.2) is 12.2 Å². The van der Waals surface area contributed by atoms with Crippen LogP contribution in [0.25, 0.3) is 0 Å². The Labute approximate surface area is 92.7 Å². The van der Waals surface area contributed by atoms with Gasteiger partial charge in [0.1, 0.15) is 0 Å². The molecule has 0 aromatic carbocycles. The van der Waals surface area contributed by atoms with Crippen LogP contribution in [0.3, 0.4) is 0 Å². The highest BCUT2D eigenvalue weighted by Crippen LogP contribution is 1.98. The Morgan fingerprint density at radius 1 is 1.33 bits per heavy atom. The van der Waals surface area contributed by atoms with E-state index in [1.54, 1.807) is 6.08 Å². The predicted molar refractivity (Wildman–Crippen MR) is 60.5 cm³/mol. The fourth-order valence-corrected chi connectivity index (χ4v) is 1.02. The summed E-state index contributed by atoms with van der Waals surface area (Å²) in [5.74, 6) is 0.414. The molecule has 0 saturated carbocycles. The molecule has 0 aliphatic carbocycles. The Morgan fingerprint density at radius 3 is 2.73 bits per heavy atom. The predicted octanol–water partition coefficient (Wildman–Crippen LogP) is 2.54. The minimum Gasteiger partial charge on any atom is -0.381 e. The first-order valence-corrected chi connectivity index (χ1v) is 5.51. The molecule has 1 atom stereocenters. The van der Waals surface area contributed by atoms with Gasteiger partial charge in [0.05, 0.1) is 25.9 Å².